The summed E-state index contributed by atoms with van der Waals surface area (Å²) in [6.07, 6.45) is -0.234. The molecule has 0 saturated carbocycles. The molecule has 2 N–H and O–H groups in total. The number of halogens is 1. The molecular formula is C10H8BrN3O3. The number of aromatic nitrogens is 3. The zero-order valence-electron chi connectivity index (χ0n) is 8.54. The monoisotopic (exact) mass is 297 g/mol. The maximum atomic E-state index is 10.7. The molecule has 0 fully saturated rings. The number of rotatable bonds is 3. The average Bonchev–Trinajstić information content (AvgIpc) is 2.61. The molecule has 0 bridgehead atoms. The lowest BCUT2D eigenvalue weighted by Gasteiger charge is -2.06. The van der Waals surface area contributed by atoms with Crippen molar-refractivity contribution in [2.45, 2.75) is 6.42 Å². The molecule has 0 atom stereocenters. The fraction of sp³-hybridized carbons (Fsp3) is 0.100. The second-order valence-corrected chi connectivity index (χ2v) is 4.05. The molecule has 17 heavy (non-hydrogen) atoms. The van der Waals surface area contributed by atoms with Crippen LogP contribution in [0.4, 0.5) is 0 Å². The van der Waals surface area contributed by atoms with E-state index in [1.165, 1.54) is 10.7 Å². The molecule has 2 aromatic rings. The number of aliphatic carboxylic acids is 1. The Labute approximate surface area is 105 Å². The summed E-state index contributed by atoms with van der Waals surface area (Å²) in [4.78, 5) is 10.7. The molecule has 0 aliphatic carbocycles. The van der Waals surface area contributed by atoms with E-state index in [9.17, 15) is 9.90 Å². The highest BCUT2D eigenvalue weighted by molar-refractivity contribution is 9.10. The Bertz CT molecular complexity index is 568. The average molecular weight is 298 g/mol. The predicted molar refractivity (Wildman–Crippen MR) is 62.1 cm³/mol. The third-order valence-corrected chi connectivity index (χ3v) is 2.76. The van der Waals surface area contributed by atoms with Gasteiger partial charge in [0.15, 0.2) is 4.60 Å². The van der Waals surface area contributed by atoms with Crippen LogP contribution in [0.15, 0.2) is 28.9 Å². The number of benzene rings is 1. The lowest BCUT2D eigenvalue weighted by atomic mass is 10.2. The van der Waals surface area contributed by atoms with Crippen LogP contribution < -0.4 is 0 Å². The molecule has 88 valence electrons. The lowest BCUT2D eigenvalue weighted by molar-refractivity contribution is -0.136. The van der Waals surface area contributed by atoms with Crippen LogP contribution >= 0.6 is 15.9 Å². The highest BCUT2D eigenvalue weighted by Crippen LogP contribution is 2.24. The smallest absolute Gasteiger partial charge is 0.309 e. The summed E-state index contributed by atoms with van der Waals surface area (Å²) < 4.78 is 1.65. The molecule has 1 aromatic carbocycles. The molecule has 2 rings (SSSR count). The normalized spacial score (nSPS) is 10.4. The third-order valence-electron chi connectivity index (χ3n) is 2.14. The quantitative estimate of drug-likeness (QED) is 0.893. The van der Waals surface area contributed by atoms with E-state index < -0.39 is 5.97 Å². The molecule has 0 saturated heterocycles. The van der Waals surface area contributed by atoms with Gasteiger partial charge in [0.2, 0.25) is 0 Å². The lowest BCUT2D eigenvalue weighted by Crippen LogP contribution is -2.08. The van der Waals surface area contributed by atoms with E-state index in [4.69, 9.17) is 5.11 Å². The number of hydrogen-bond donors (Lipinski definition) is 2. The van der Waals surface area contributed by atoms with Gasteiger partial charge in [-0.2, -0.15) is 0 Å². The van der Waals surface area contributed by atoms with E-state index >= 15 is 0 Å². The molecule has 0 radical (unpaired) electrons. The minimum Gasteiger partial charge on any atom is -0.506 e. The molecule has 0 aliphatic rings. The van der Waals surface area contributed by atoms with Gasteiger partial charge in [0, 0.05) is 0 Å². The molecule has 6 nitrogen and oxygen atoms in total. The van der Waals surface area contributed by atoms with Crippen molar-refractivity contribution in [3.05, 3.63) is 34.6 Å². The van der Waals surface area contributed by atoms with Gasteiger partial charge >= 0.3 is 5.97 Å². The number of phenols is 1. The summed E-state index contributed by atoms with van der Waals surface area (Å²) in [5.41, 5.74) is 0.765. The van der Waals surface area contributed by atoms with Gasteiger partial charge in [0.05, 0.1) is 12.1 Å². The summed E-state index contributed by atoms with van der Waals surface area (Å²) >= 11 is 3.13. The molecule has 7 heteroatoms. The zero-order valence-corrected chi connectivity index (χ0v) is 10.1. The number of hydrogen-bond acceptors (Lipinski definition) is 4. The van der Waals surface area contributed by atoms with Crippen molar-refractivity contribution in [1.29, 1.82) is 0 Å². The van der Waals surface area contributed by atoms with Crippen molar-refractivity contribution in [2.75, 3.05) is 0 Å². The van der Waals surface area contributed by atoms with Crippen molar-refractivity contribution >= 4 is 21.9 Å². The van der Waals surface area contributed by atoms with Gasteiger partial charge < -0.3 is 10.2 Å². The van der Waals surface area contributed by atoms with Crippen LogP contribution in [-0.2, 0) is 11.2 Å². The van der Waals surface area contributed by atoms with E-state index in [1.807, 2.05) is 0 Å². The highest BCUT2D eigenvalue weighted by Gasteiger charge is 2.16. The number of aromatic hydroxyl groups is 1. The van der Waals surface area contributed by atoms with Crippen LogP contribution in [0.3, 0.4) is 0 Å². The van der Waals surface area contributed by atoms with Crippen molar-refractivity contribution < 1.29 is 15.0 Å². The molecule has 0 unspecified atom stereocenters. The largest absolute Gasteiger partial charge is 0.506 e. The van der Waals surface area contributed by atoms with E-state index in [0.29, 0.717) is 16.0 Å². The zero-order chi connectivity index (χ0) is 12.4. The Morgan fingerprint density at radius 1 is 1.41 bits per heavy atom. The first kappa shape index (κ1) is 11.6. The summed E-state index contributed by atoms with van der Waals surface area (Å²) in [5.74, 6) is -0.985. The highest BCUT2D eigenvalue weighted by atomic mass is 79.9. The van der Waals surface area contributed by atoms with Crippen LogP contribution in [0.5, 0.6) is 5.75 Å². The van der Waals surface area contributed by atoms with Gasteiger partial charge in [-0.3, -0.25) is 4.79 Å². The fourth-order valence-corrected chi connectivity index (χ4v) is 1.79. The Hall–Kier alpha value is -1.89. The van der Waals surface area contributed by atoms with Crippen molar-refractivity contribution in [3.8, 4) is 11.4 Å². The molecule has 1 aromatic heterocycles. The van der Waals surface area contributed by atoms with Gasteiger partial charge in [-0.15, -0.1) is 5.10 Å². The van der Waals surface area contributed by atoms with E-state index in [-0.39, 0.29) is 12.2 Å². The Balaban J connectivity index is 2.53. The number of carboxylic acid groups (broad SMARTS) is 1. The van der Waals surface area contributed by atoms with Crippen molar-refractivity contribution in [1.82, 2.24) is 15.0 Å². The summed E-state index contributed by atoms with van der Waals surface area (Å²) in [7, 11) is 0. The number of para-hydroxylation sites is 2. The van der Waals surface area contributed by atoms with E-state index in [0.717, 1.165) is 0 Å². The maximum absolute atomic E-state index is 10.7. The first-order chi connectivity index (χ1) is 8.09. The topological polar surface area (TPSA) is 88.2 Å². The summed E-state index contributed by atoms with van der Waals surface area (Å²) in [5, 5.41) is 26.0. The standard InChI is InChI=1S/C10H8BrN3O3/c11-10-7(5-9(16)17)14(13-12-10)6-3-1-2-4-8(6)15/h1-4,15H,5H2,(H,16,17). The molecule has 1 heterocycles. The van der Waals surface area contributed by atoms with Gasteiger partial charge in [-0.25, -0.2) is 4.68 Å². The minimum atomic E-state index is -0.996. The number of nitrogens with zero attached hydrogens (tertiary/aromatic N) is 3. The summed E-state index contributed by atoms with van der Waals surface area (Å²) in [6.45, 7) is 0. The molecular weight excluding hydrogens is 290 g/mol. The van der Waals surface area contributed by atoms with Gasteiger partial charge in [0.1, 0.15) is 11.4 Å². The van der Waals surface area contributed by atoms with Crippen molar-refractivity contribution in [2.24, 2.45) is 0 Å². The fourth-order valence-electron chi connectivity index (χ4n) is 1.41. The van der Waals surface area contributed by atoms with Crippen LogP contribution in [0.2, 0.25) is 0 Å². The molecule has 0 aliphatic heterocycles. The third kappa shape index (κ3) is 2.28. The van der Waals surface area contributed by atoms with E-state index in [2.05, 4.69) is 26.2 Å². The van der Waals surface area contributed by atoms with Gasteiger partial charge in [0.25, 0.3) is 0 Å². The number of carboxylic acids is 1. The Morgan fingerprint density at radius 2 is 2.12 bits per heavy atom. The second kappa shape index (κ2) is 4.54. The molecule has 0 amide bonds. The van der Waals surface area contributed by atoms with Gasteiger partial charge in [-0.05, 0) is 28.1 Å². The minimum absolute atomic E-state index is 0.0107. The molecule has 0 spiro atoms. The number of carbonyl (C=O) groups is 1. The van der Waals surface area contributed by atoms with Crippen LogP contribution in [-0.4, -0.2) is 31.2 Å². The predicted octanol–water partition coefficient (Wildman–Crippen LogP) is 1.36. The van der Waals surface area contributed by atoms with Crippen molar-refractivity contribution in [3.63, 3.8) is 0 Å². The van der Waals surface area contributed by atoms with Crippen LogP contribution in [0.25, 0.3) is 5.69 Å². The maximum Gasteiger partial charge on any atom is 0.309 e. The Kier molecular flexibility index (Phi) is 3.10. The van der Waals surface area contributed by atoms with E-state index in [1.54, 1.807) is 18.2 Å². The summed E-state index contributed by atoms with van der Waals surface area (Å²) in [6, 6.07) is 6.51. The van der Waals surface area contributed by atoms with Crippen LogP contribution in [0, 0.1) is 0 Å². The van der Waals surface area contributed by atoms with Gasteiger partial charge in [-0.1, -0.05) is 17.3 Å². The Morgan fingerprint density at radius 3 is 2.76 bits per heavy atom. The first-order valence-corrected chi connectivity index (χ1v) is 5.49. The number of phenolic OH excluding ortho intramolecular Hbond substituents is 1. The SMILES string of the molecule is O=C(O)Cc1c(Br)nnn1-c1ccccc1O. The van der Waals surface area contributed by atoms with Crippen LogP contribution in [0.1, 0.15) is 5.69 Å². The second-order valence-electron chi connectivity index (χ2n) is 3.30. The first-order valence-electron chi connectivity index (χ1n) is 4.70.